The Bertz CT molecular complexity index is 1030. The first-order chi connectivity index (χ1) is 13.2. The number of nitrogens with zero attached hydrogens (tertiary/aromatic N) is 2. The van der Waals surface area contributed by atoms with Crippen LogP contribution in [0.5, 0.6) is 0 Å². The van der Waals surface area contributed by atoms with E-state index in [1.807, 2.05) is 24.5 Å². The summed E-state index contributed by atoms with van der Waals surface area (Å²) in [5.74, 6) is -1.72. The van der Waals surface area contributed by atoms with Crippen LogP contribution in [0.3, 0.4) is 0 Å². The molecular weight excluding hydrogens is 407 g/mol. The Kier molecular flexibility index (Phi) is 5.62. The average Bonchev–Trinajstić information content (AvgIpc) is 3.07. The summed E-state index contributed by atoms with van der Waals surface area (Å²) < 4.78 is 19.8. The van der Waals surface area contributed by atoms with Crippen molar-refractivity contribution < 1.29 is 23.5 Å². The molecule has 6 nitrogen and oxygen atoms in total. The third-order valence-corrected chi connectivity index (χ3v) is 5.50. The zero-order valence-electron chi connectivity index (χ0n) is 15.3. The number of halogens is 2. The molecule has 0 saturated carbocycles. The van der Waals surface area contributed by atoms with Gasteiger partial charge >= 0.3 is 5.97 Å². The lowest BCUT2D eigenvalue weighted by Gasteiger charge is -2.10. The Labute approximate surface area is 169 Å². The Morgan fingerprint density at radius 1 is 1.29 bits per heavy atom. The molecule has 0 aliphatic carbocycles. The summed E-state index contributed by atoms with van der Waals surface area (Å²) in [5, 5.41) is -0.517. The zero-order chi connectivity index (χ0) is 20.6. The van der Waals surface area contributed by atoms with Gasteiger partial charge in [-0.2, -0.15) is 0 Å². The molecule has 146 valence electrons. The van der Waals surface area contributed by atoms with E-state index in [4.69, 9.17) is 11.6 Å². The van der Waals surface area contributed by atoms with E-state index in [-0.39, 0.29) is 9.93 Å². The quantitative estimate of drug-likeness (QED) is 0.548. The number of carbonyl (C=O) groups excluding carboxylic acids is 3. The maximum Gasteiger partial charge on any atom is 0.325 e. The summed E-state index contributed by atoms with van der Waals surface area (Å²) in [6.07, 6.45) is 1.60. The van der Waals surface area contributed by atoms with Gasteiger partial charge in [0.2, 0.25) is 0 Å². The molecule has 1 aliphatic rings. The van der Waals surface area contributed by atoms with Crippen molar-refractivity contribution in [2.24, 2.45) is 0 Å². The highest BCUT2D eigenvalue weighted by atomic mass is 35.5. The van der Waals surface area contributed by atoms with Gasteiger partial charge in [0.05, 0.1) is 17.0 Å². The van der Waals surface area contributed by atoms with Crippen molar-refractivity contribution in [2.45, 2.75) is 13.8 Å². The second kappa shape index (κ2) is 7.81. The van der Waals surface area contributed by atoms with E-state index in [1.54, 1.807) is 12.1 Å². The first kappa shape index (κ1) is 20.2. The largest absolute Gasteiger partial charge is 0.468 e. The van der Waals surface area contributed by atoms with Crippen LogP contribution in [-0.2, 0) is 14.3 Å². The van der Waals surface area contributed by atoms with Crippen LogP contribution in [0.2, 0.25) is 5.02 Å². The van der Waals surface area contributed by atoms with E-state index < -0.39 is 29.5 Å². The smallest absolute Gasteiger partial charge is 0.325 e. The second-order valence-electron chi connectivity index (χ2n) is 6.10. The average molecular weight is 423 g/mol. The van der Waals surface area contributed by atoms with Crippen LogP contribution in [0.4, 0.5) is 9.18 Å². The molecule has 0 atom stereocenters. The van der Waals surface area contributed by atoms with Gasteiger partial charge in [-0.15, -0.1) is 0 Å². The fraction of sp³-hybridized carbons (Fsp3) is 0.211. The Morgan fingerprint density at radius 3 is 2.64 bits per heavy atom. The number of hydrogen-bond acceptors (Lipinski definition) is 5. The van der Waals surface area contributed by atoms with Crippen LogP contribution < -0.4 is 0 Å². The standard InChI is InChI=1S/C19H16ClFN2O4S/c1-10-6-12(11(2)23(10)13-4-5-15(21)14(20)8-13)7-16-18(25)22(19(26)28-16)9-17(24)27-3/h4-8H,9H2,1-3H3. The van der Waals surface area contributed by atoms with Crippen molar-refractivity contribution >= 4 is 46.6 Å². The molecule has 2 heterocycles. The molecule has 3 rings (SSSR count). The molecule has 0 radical (unpaired) electrons. The molecule has 2 aromatic rings. The van der Waals surface area contributed by atoms with Crippen molar-refractivity contribution in [3.8, 4) is 5.69 Å². The van der Waals surface area contributed by atoms with Gasteiger partial charge in [-0.25, -0.2) is 4.39 Å². The number of rotatable bonds is 4. The number of hydrogen-bond donors (Lipinski definition) is 0. The lowest BCUT2D eigenvalue weighted by Crippen LogP contribution is -2.34. The Morgan fingerprint density at radius 2 is 2.00 bits per heavy atom. The molecule has 28 heavy (non-hydrogen) atoms. The molecule has 1 saturated heterocycles. The first-order valence-corrected chi connectivity index (χ1v) is 9.39. The lowest BCUT2D eigenvalue weighted by molar-refractivity contribution is -0.143. The molecular formula is C19H16ClFN2O4S. The number of amides is 2. The molecule has 9 heteroatoms. The fourth-order valence-electron chi connectivity index (χ4n) is 2.93. The number of methoxy groups -OCH3 is 1. The predicted octanol–water partition coefficient (Wildman–Crippen LogP) is 4.10. The summed E-state index contributed by atoms with van der Waals surface area (Å²) in [5.41, 5.74) is 3.04. The summed E-state index contributed by atoms with van der Waals surface area (Å²) in [6, 6.07) is 6.26. The van der Waals surface area contributed by atoms with Crippen LogP contribution in [-0.4, -0.2) is 40.2 Å². The minimum Gasteiger partial charge on any atom is -0.468 e. The number of aromatic nitrogens is 1. The topological polar surface area (TPSA) is 68.6 Å². The molecule has 2 amide bonds. The molecule has 1 aromatic carbocycles. The second-order valence-corrected chi connectivity index (χ2v) is 7.50. The number of thioether (sulfide) groups is 1. The number of benzene rings is 1. The molecule has 0 bridgehead atoms. The number of imide groups is 1. The van der Waals surface area contributed by atoms with Gasteiger partial charge in [-0.05, 0) is 61.5 Å². The highest BCUT2D eigenvalue weighted by Gasteiger charge is 2.36. The summed E-state index contributed by atoms with van der Waals surface area (Å²) in [6.45, 7) is 3.28. The van der Waals surface area contributed by atoms with Crippen LogP contribution >= 0.6 is 23.4 Å². The first-order valence-electron chi connectivity index (χ1n) is 8.19. The molecule has 0 spiro atoms. The normalized spacial score (nSPS) is 15.6. The predicted molar refractivity (Wildman–Crippen MR) is 105 cm³/mol. The Hall–Kier alpha value is -2.58. The number of ether oxygens (including phenoxy) is 1. The fourth-order valence-corrected chi connectivity index (χ4v) is 3.93. The molecule has 0 N–H and O–H groups in total. The highest BCUT2D eigenvalue weighted by molar-refractivity contribution is 8.18. The van der Waals surface area contributed by atoms with Gasteiger partial charge in [0.25, 0.3) is 11.1 Å². The van der Waals surface area contributed by atoms with E-state index in [0.29, 0.717) is 5.69 Å². The van der Waals surface area contributed by atoms with Gasteiger partial charge in [0.15, 0.2) is 0 Å². The Balaban J connectivity index is 1.95. The van der Waals surface area contributed by atoms with Crippen molar-refractivity contribution in [1.82, 2.24) is 9.47 Å². The SMILES string of the molecule is COC(=O)CN1C(=O)SC(=Cc2cc(C)n(-c3ccc(F)c(Cl)c3)c2C)C1=O. The molecule has 1 aliphatic heterocycles. The maximum absolute atomic E-state index is 13.5. The third-order valence-electron chi connectivity index (χ3n) is 4.31. The third kappa shape index (κ3) is 3.70. The minimum atomic E-state index is -0.671. The molecule has 1 aromatic heterocycles. The van der Waals surface area contributed by atoms with Gasteiger partial charge in [-0.1, -0.05) is 11.6 Å². The number of esters is 1. The van der Waals surface area contributed by atoms with Gasteiger partial charge in [-0.3, -0.25) is 19.3 Å². The van der Waals surface area contributed by atoms with E-state index in [9.17, 15) is 18.8 Å². The van der Waals surface area contributed by atoms with E-state index in [2.05, 4.69) is 4.74 Å². The number of aryl methyl sites for hydroxylation is 1. The lowest BCUT2D eigenvalue weighted by atomic mass is 10.2. The van der Waals surface area contributed by atoms with Crippen molar-refractivity contribution in [3.05, 3.63) is 57.0 Å². The monoisotopic (exact) mass is 422 g/mol. The highest BCUT2D eigenvalue weighted by Crippen LogP contribution is 2.34. The zero-order valence-corrected chi connectivity index (χ0v) is 16.9. The van der Waals surface area contributed by atoms with Crippen LogP contribution in [0.15, 0.2) is 29.2 Å². The van der Waals surface area contributed by atoms with Gasteiger partial charge in [0, 0.05) is 17.1 Å². The minimum absolute atomic E-state index is 0.00970. The van der Waals surface area contributed by atoms with Crippen molar-refractivity contribution in [2.75, 3.05) is 13.7 Å². The maximum atomic E-state index is 13.5. The van der Waals surface area contributed by atoms with Crippen molar-refractivity contribution in [3.63, 3.8) is 0 Å². The van der Waals surface area contributed by atoms with Crippen LogP contribution in [0.25, 0.3) is 11.8 Å². The van der Waals surface area contributed by atoms with Crippen LogP contribution in [0, 0.1) is 19.7 Å². The summed E-state index contributed by atoms with van der Waals surface area (Å²) in [4.78, 5) is 37.0. The molecule has 0 unspecified atom stereocenters. The number of carbonyl (C=O) groups is 3. The van der Waals surface area contributed by atoms with E-state index in [1.165, 1.54) is 19.2 Å². The van der Waals surface area contributed by atoms with Gasteiger partial charge in [0.1, 0.15) is 12.4 Å². The van der Waals surface area contributed by atoms with E-state index >= 15 is 0 Å². The summed E-state index contributed by atoms with van der Waals surface area (Å²) in [7, 11) is 1.19. The van der Waals surface area contributed by atoms with E-state index in [0.717, 1.165) is 33.6 Å². The van der Waals surface area contributed by atoms with Crippen LogP contribution in [0.1, 0.15) is 17.0 Å². The van der Waals surface area contributed by atoms with Gasteiger partial charge < -0.3 is 9.30 Å². The van der Waals surface area contributed by atoms with Crippen molar-refractivity contribution in [1.29, 1.82) is 0 Å². The molecule has 1 fully saturated rings. The summed E-state index contributed by atoms with van der Waals surface area (Å²) >= 11 is 6.65.